The van der Waals surface area contributed by atoms with Gasteiger partial charge in [0.25, 0.3) is 0 Å². The lowest BCUT2D eigenvalue weighted by molar-refractivity contribution is -0.274. The number of ether oxygens (including phenoxy) is 2. The van der Waals surface area contributed by atoms with E-state index < -0.39 is 6.36 Å². The van der Waals surface area contributed by atoms with Gasteiger partial charge in [-0.3, -0.25) is 0 Å². The van der Waals surface area contributed by atoms with Crippen LogP contribution >= 0.6 is 0 Å². The molecule has 0 radical (unpaired) electrons. The molecule has 2 aromatic carbocycles. The molecule has 1 fully saturated rings. The largest absolute Gasteiger partial charge is 0.573 e. The van der Waals surface area contributed by atoms with E-state index in [-0.39, 0.29) is 5.75 Å². The number of morpholine rings is 1. The van der Waals surface area contributed by atoms with Gasteiger partial charge in [-0.1, -0.05) is 37.6 Å². The van der Waals surface area contributed by atoms with Crippen LogP contribution in [0, 0.1) is 6.92 Å². The molecular weight excluding hydrogens is 355 g/mol. The second-order valence-corrected chi connectivity index (χ2v) is 6.38. The van der Waals surface area contributed by atoms with Gasteiger partial charge >= 0.3 is 6.36 Å². The van der Waals surface area contributed by atoms with E-state index >= 15 is 0 Å². The van der Waals surface area contributed by atoms with Crippen LogP contribution in [0.2, 0.25) is 0 Å². The molecule has 0 N–H and O–H groups in total. The molecule has 1 aliphatic heterocycles. The van der Waals surface area contributed by atoms with Gasteiger partial charge in [0, 0.05) is 18.8 Å². The van der Waals surface area contributed by atoms with Gasteiger partial charge in [0.15, 0.2) is 0 Å². The number of hydrogen-bond donors (Lipinski definition) is 0. The summed E-state index contributed by atoms with van der Waals surface area (Å²) in [6.45, 7) is 7.89. The second kappa shape index (κ2) is 10.2. The molecule has 2 aromatic rings. The quantitative estimate of drug-likeness (QED) is 0.711. The predicted octanol–water partition coefficient (Wildman–Crippen LogP) is 5.37. The summed E-state index contributed by atoms with van der Waals surface area (Å²) < 4.78 is 44.3. The van der Waals surface area contributed by atoms with Crippen molar-refractivity contribution in [2.24, 2.45) is 0 Å². The van der Waals surface area contributed by atoms with E-state index in [2.05, 4.69) is 40.8 Å². The Morgan fingerprint density at radius 3 is 2.26 bits per heavy atom. The molecule has 148 valence electrons. The summed E-state index contributed by atoms with van der Waals surface area (Å²) in [4.78, 5) is 2.37. The zero-order chi connectivity index (χ0) is 19.7. The molecule has 0 aromatic heterocycles. The van der Waals surface area contributed by atoms with E-state index in [4.69, 9.17) is 4.74 Å². The van der Waals surface area contributed by atoms with Crippen molar-refractivity contribution in [1.29, 1.82) is 0 Å². The summed E-state index contributed by atoms with van der Waals surface area (Å²) in [5.41, 5.74) is 3.66. The minimum Gasteiger partial charge on any atom is -0.406 e. The Bertz CT molecular complexity index is 681. The predicted molar refractivity (Wildman–Crippen MR) is 101 cm³/mol. The average molecular weight is 381 g/mol. The van der Waals surface area contributed by atoms with Gasteiger partial charge < -0.3 is 14.4 Å². The molecule has 6 heteroatoms. The standard InChI is InChI=1S/C11H15NO.C10H11F3O/c1-10-3-2-4-11(9-10)12-5-7-13-8-6-12;1-2-3-8-4-6-9(7-5-8)14-10(11,12)13/h2-4,9H,5-8H2,1H3;4-7H,2-3H2,1H3. The lowest BCUT2D eigenvalue weighted by atomic mass is 10.1. The topological polar surface area (TPSA) is 21.7 Å². The van der Waals surface area contributed by atoms with Crippen molar-refractivity contribution in [3.05, 3.63) is 59.7 Å². The second-order valence-electron chi connectivity index (χ2n) is 6.38. The van der Waals surface area contributed by atoms with E-state index in [0.29, 0.717) is 0 Å². The summed E-state index contributed by atoms with van der Waals surface area (Å²) in [5, 5.41) is 0. The minimum absolute atomic E-state index is 0.169. The summed E-state index contributed by atoms with van der Waals surface area (Å²) in [6.07, 6.45) is -2.77. The van der Waals surface area contributed by atoms with Crippen molar-refractivity contribution in [1.82, 2.24) is 0 Å². The van der Waals surface area contributed by atoms with Crippen LogP contribution in [0.3, 0.4) is 0 Å². The molecule has 0 spiro atoms. The Labute approximate surface area is 158 Å². The molecule has 3 rings (SSSR count). The van der Waals surface area contributed by atoms with Gasteiger partial charge in [-0.15, -0.1) is 13.2 Å². The van der Waals surface area contributed by atoms with Gasteiger partial charge in [-0.2, -0.15) is 0 Å². The van der Waals surface area contributed by atoms with Crippen LogP contribution in [-0.2, 0) is 11.2 Å². The maximum atomic E-state index is 11.8. The van der Waals surface area contributed by atoms with E-state index in [1.54, 1.807) is 12.1 Å². The number of rotatable bonds is 4. The fourth-order valence-electron chi connectivity index (χ4n) is 2.79. The van der Waals surface area contributed by atoms with Crippen molar-refractivity contribution < 1.29 is 22.6 Å². The monoisotopic (exact) mass is 381 g/mol. The van der Waals surface area contributed by atoms with Gasteiger partial charge in [0.05, 0.1) is 13.2 Å². The first-order valence-electron chi connectivity index (χ1n) is 9.11. The third-order valence-electron chi connectivity index (χ3n) is 4.07. The molecule has 1 heterocycles. The summed E-state index contributed by atoms with van der Waals surface area (Å²) in [5.74, 6) is -0.169. The number of aryl methyl sites for hydroxylation is 2. The Morgan fingerprint density at radius 2 is 1.70 bits per heavy atom. The van der Waals surface area contributed by atoms with Crippen LogP contribution in [0.4, 0.5) is 18.9 Å². The fourth-order valence-corrected chi connectivity index (χ4v) is 2.79. The first kappa shape index (κ1) is 21.1. The molecule has 0 aliphatic carbocycles. The van der Waals surface area contributed by atoms with Crippen LogP contribution in [0.25, 0.3) is 0 Å². The number of anilines is 1. The summed E-state index contributed by atoms with van der Waals surface area (Å²) in [6, 6.07) is 14.6. The zero-order valence-corrected chi connectivity index (χ0v) is 15.8. The molecule has 1 saturated heterocycles. The highest BCUT2D eigenvalue weighted by Gasteiger charge is 2.30. The van der Waals surface area contributed by atoms with Crippen LogP contribution in [-0.4, -0.2) is 32.7 Å². The number of nitrogens with zero attached hydrogens (tertiary/aromatic N) is 1. The summed E-state index contributed by atoms with van der Waals surface area (Å²) >= 11 is 0. The van der Waals surface area contributed by atoms with Gasteiger partial charge in [-0.05, 0) is 48.7 Å². The zero-order valence-electron chi connectivity index (χ0n) is 15.8. The smallest absolute Gasteiger partial charge is 0.406 e. The highest BCUT2D eigenvalue weighted by molar-refractivity contribution is 5.48. The molecule has 3 nitrogen and oxygen atoms in total. The van der Waals surface area contributed by atoms with E-state index in [9.17, 15) is 13.2 Å². The molecule has 0 unspecified atom stereocenters. The number of benzene rings is 2. The number of alkyl halides is 3. The third-order valence-corrected chi connectivity index (χ3v) is 4.07. The average Bonchev–Trinajstić information content (AvgIpc) is 2.64. The fraction of sp³-hybridized carbons (Fsp3) is 0.429. The van der Waals surface area contributed by atoms with Crippen LogP contribution in [0.1, 0.15) is 24.5 Å². The Kier molecular flexibility index (Phi) is 7.98. The van der Waals surface area contributed by atoms with E-state index in [1.165, 1.54) is 23.4 Å². The van der Waals surface area contributed by atoms with Crippen LogP contribution in [0.5, 0.6) is 5.75 Å². The van der Waals surface area contributed by atoms with Crippen molar-refractivity contribution >= 4 is 5.69 Å². The normalized spacial score (nSPS) is 14.3. The first-order valence-corrected chi connectivity index (χ1v) is 9.11. The molecule has 27 heavy (non-hydrogen) atoms. The van der Waals surface area contributed by atoms with Crippen molar-refractivity contribution in [2.75, 3.05) is 31.2 Å². The van der Waals surface area contributed by atoms with E-state index in [1.807, 2.05) is 6.92 Å². The van der Waals surface area contributed by atoms with Gasteiger partial charge in [-0.25, -0.2) is 0 Å². The van der Waals surface area contributed by atoms with Crippen LogP contribution in [0.15, 0.2) is 48.5 Å². The molecule has 0 saturated carbocycles. The molecule has 1 aliphatic rings. The molecule has 0 atom stereocenters. The maximum Gasteiger partial charge on any atom is 0.573 e. The molecule has 0 amide bonds. The van der Waals surface area contributed by atoms with Crippen molar-refractivity contribution in [2.45, 2.75) is 33.1 Å². The third kappa shape index (κ3) is 7.91. The van der Waals surface area contributed by atoms with E-state index in [0.717, 1.165) is 44.7 Å². The molecule has 0 bridgehead atoms. The highest BCUT2D eigenvalue weighted by Crippen LogP contribution is 2.23. The van der Waals surface area contributed by atoms with Crippen molar-refractivity contribution in [3.8, 4) is 5.75 Å². The lowest BCUT2D eigenvalue weighted by Crippen LogP contribution is -2.36. The maximum absolute atomic E-state index is 11.8. The van der Waals surface area contributed by atoms with Gasteiger partial charge in [0.1, 0.15) is 5.75 Å². The number of halogens is 3. The molecular formula is C21H26F3NO2. The Morgan fingerprint density at radius 1 is 1.04 bits per heavy atom. The Balaban J connectivity index is 0.000000194. The summed E-state index contributed by atoms with van der Waals surface area (Å²) in [7, 11) is 0. The lowest BCUT2D eigenvalue weighted by Gasteiger charge is -2.29. The Hall–Kier alpha value is -2.21. The number of hydrogen-bond acceptors (Lipinski definition) is 3. The van der Waals surface area contributed by atoms with Crippen LogP contribution < -0.4 is 9.64 Å². The minimum atomic E-state index is -4.60. The van der Waals surface area contributed by atoms with Gasteiger partial charge in [0.2, 0.25) is 0 Å². The SMILES string of the molecule is CCCc1ccc(OC(F)(F)F)cc1.Cc1cccc(N2CCOCC2)c1. The van der Waals surface area contributed by atoms with Crippen molar-refractivity contribution in [3.63, 3.8) is 0 Å². The first-order chi connectivity index (χ1) is 12.9. The highest BCUT2D eigenvalue weighted by atomic mass is 19.4.